The molecule has 0 saturated heterocycles. The van der Waals surface area contributed by atoms with Crippen molar-refractivity contribution in [3.8, 4) is 0 Å². The Morgan fingerprint density at radius 3 is 1.54 bits per heavy atom. The Labute approximate surface area is 496 Å². The fourth-order valence-corrected chi connectivity index (χ4v) is 14.7. The summed E-state index contributed by atoms with van der Waals surface area (Å²) in [4.78, 5) is 7.73. The monoisotopic (exact) mass is 1090 g/mol. The van der Waals surface area contributed by atoms with Crippen LogP contribution >= 0.6 is 11.3 Å². The molecule has 1 aliphatic heterocycles. The second-order valence-electron chi connectivity index (χ2n) is 29.5. The third-order valence-corrected chi connectivity index (χ3v) is 20.4. The van der Waals surface area contributed by atoms with Gasteiger partial charge in [-0.3, -0.25) is 0 Å². The van der Waals surface area contributed by atoms with Crippen LogP contribution in [0.1, 0.15) is 181 Å². The molecule has 2 heterocycles. The molecule has 3 aliphatic rings. The van der Waals surface area contributed by atoms with Crippen molar-refractivity contribution >= 4 is 90.8 Å². The Bertz CT molecular complexity index is 3880. The van der Waals surface area contributed by atoms with Gasteiger partial charge in [0, 0.05) is 60.7 Å². The lowest BCUT2D eigenvalue weighted by Gasteiger charge is -2.43. The fraction of sp³-hybridized carbons (Fsp3) is 0.351. The van der Waals surface area contributed by atoms with E-state index in [1.54, 1.807) is 0 Å². The summed E-state index contributed by atoms with van der Waals surface area (Å²) in [6.45, 7) is 38.3. The molecule has 0 fully saturated rings. The van der Waals surface area contributed by atoms with Crippen LogP contribution in [0.2, 0.25) is 0 Å². The first-order valence-corrected chi connectivity index (χ1v) is 31.1. The van der Waals surface area contributed by atoms with E-state index < -0.39 is 0 Å². The van der Waals surface area contributed by atoms with Crippen LogP contribution in [-0.2, 0) is 37.9 Å². The summed E-state index contributed by atoms with van der Waals surface area (Å²) in [7, 11) is 2.52. The molecule has 417 valence electrons. The number of hydrogen-bond donors (Lipinski definition) is 0. The van der Waals surface area contributed by atoms with Crippen LogP contribution in [0.3, 0.4) is 0 Å². The van der Waals surface area contributed by atoms with Gasteiger partial charge in [-0.25, -0.2) is 0 Å². The van der Waals surface area contributed by atoms with Gasteiger partial charge in [0.1, 0.15) is 0 Å². The van der Waals surface area contributed by atoms with E-state index in [0.717, 1.165) is 53.4 Å². The van der Waals surface area contributed by atoms with Crippen molar-refractivity contribution in [1.29, 1.82) is 0 Å². The Morgan fingerprint density at radius 1 is 0.415 bits per heavy atom. The van der Waals surface area contributed by atoms with E-state index in [4.69, 9.17) is 0 Å². The second kappa shape index (κ2) is 19.7. The van der Waals surface area contributed by atoms with E-state index in [9.17, 15) is 0 Å². The fourth-order valence-electron chi connectivity index (χ4n) is 13.7. The quantitative estimate of drug-likeness (QED) is 0.133. The number of para-hydroxylation sites is 1. The Balaban J connectivity index is 1.19. The molecule has 0 saturated carbocycles. The smallest absolute Gasteiger partial charge is 0.199 e. The highest BCUT2D eigenvalue weighted by Gasteiger charge is 2.41. The standard InChI is InChI=1S/C77H85BN3S/c1-71(2,3)50-27-32-56(33-28-50)80-65-38-31-53(72(4,5)6)43-64(65)78-70-66(80)45-58(79(54-25-21-18-22-26-54)55-34-29-52(30-35-55)77(15,16)51-23-19-17-20-24-51)46-67(70)81(57-36-37-60-61(44-57)74(9,10)40-39-73(60,7)8)68-49-82-69-48-63-62(47-59(68)69)75(11,12)41-42-76(63,13)14/h17-38,43-49H,39-42H2,1-16H3. The molecule has 0 N–H and O–H groups in total. The van der Waals surface area contributed by atoms with Gasteiger partial charge in [-0.15, -0.1) is 11.3 Å². The maximum Gasteiger partial charge on any atom is 0.199 e. The highest BCUT2D eigenvalue weighted by Crippen LogP contribution is 2.54. The molecule has 0 spiro atoms. The van der Waals surface area contributed by atoms with E-state index in [1.807, 2.05) is 11.3 Å². The molecule has 0 bridgehead atoms. The maximum absolute atomic E-state index is 2.68. The van der Waals surface area contributed by atoms with Gasteiger partial charge >= 0.3 is 0 Å². The SMILES string of the molecule is CC(C)(C)c1ccc(N2c3ccc(C(C)(C)C)cc3[B]c3c2cc(N(c2ccccc2)c2ccc(C(C)(C)c4ccccc4)cc2)cc3N(c2ccc3c(c2)C(C)(C)CCC3(C)C)c2csc3cc4c(cc23)C(C)(C)CCC4(C)C)cc1. The van der Waals surface area contributed by atoms with E-state index in [1.165, 1.54) is 89.0 Å². The zero-order valence-electron chi connectivity index (χ0n) is 51.9. The van der Waals surface area contributed by atoms with Crippen LogP contribution in [0, 0.1) is 0 Å². The molecule has 0 amide bonds. The lowest BCUT2D eigenvalue weighted by atomic mass is 9.58. The molecule has 1 aromatic heterocycles. The van der Waals surface area contributed by atoms with Crippen molar-refractivity contribution in [3.63, 3.8) is 0 Å². The predicted molar refractivity (Wildman–Crippen MR) is 357 cm³/mol. The lowest BCUT2D eigenvalue weighted by Crippen LogP contribution is -2.42. The number of benzene rings is 8. The van der Waals surface area contributed by atoms with Gasteiger partial charge in [0.2, 0.25) is 0 Å². The molecular formula is C77H85BN3S. The number of hydrogen-bond acceptors (Lipinski definition) is 4. The average Bonchev–Trinajstić information content (AvgIpc) is 1.85. The van der Waals surface area contributed by atoms with Crippen molar-refractivity contribution in [1.82, 2.24) is 0 Å². The number of fused-ring (bicyclic) bond motifs is 5. The lowest BCUT2D eigenvalue weighted by molar-refractivity contribution is 0.332. The normalized spacial score (nSPS) is 16.8. The molecule has 0 unspecified atom stereocenters. The summed E-state index contributed by atoms with van der Waals surface area (Å²) < 4.78 is 1.34. The van der Waals surface area contributed by atoms with Crippen LogP contribution in [-0.4, -0.2) is 7.28 Å². The van der Waals surface area contributed by atoms with Crippen LogP contribution in [0.25, 0.3) is 10.1 Å². The minimum atomic E-state index is -0.192. The van der Waals surface area contributed by atoms with Crippen molar-refractivity contribution in [2.45, 2.75) is 174 Å². The summed E-state index contributed by atoms with van der Waals surface area (Å²) >= 11 is 1.90. The van der Waals surface area contributed by atoms with Crippen LogP contribution < -0.4 is 25.6 Å². The minimum absolute atomic E-state index is 0.000686. The van der Waals surface area contributed by atoms with Crippen molar-refractivity contribution in [3.05, 3.63) is 220 Å². The first-order chi connectivity index (χ1) is 38.6. The highest BCUT2D eigenvalue weighted by molar-refractivity contribution is 7.17. The molecular weight excluding hydrogens is 1010 g/mol. The first kappa shape index (κ1) is 55.7. The third kappa shape index (κ3) is 9.71. The van der Waals surface area contributed by atoms with E-state index in [0.29, 0.717) is 0 Å². The molecule has 82 heavy (non-hydrogen) atoms. The van der Waals surface area contributed by atoms with Gasteiger partial charge in [0.25, 0.3) is 0 Å². The molecule has 2 aliphatic carbocycles. The van der Waals surface area contributed by atoms with Gasteiger partial charge in [0.05, 0.1) is 11.4 Å². The zero-order chi connectivity index (χ0) is 58.1. The largest absolute Gasteiger partial charge is 0.311 e. The van der Waals surface area contributed by atoms with E-state index >= 15 is 0 Å². The summed E-state index contributed by atoms with van der Waals surface area (Å²) in [6, 6.07) is 65.7. The van der Waals surface area contributed by atoms with Crippen LogP contribution in [0.4, 0.5) is 51.2 Å². The highest BCUT2D eigenvalue weighted by atomic mass is 32.1. The summed E-state index contributed by atoms with van der Waals surface area (Å²) in [6.07, 6.45) is 4.63. The Hall–Kier alpha value is -6.82. The van der Waals surface area contributed by atoms with Gasteiger partial charge in [0.15, 0.2) is 7.28 Å². The Morgan fingerprint density at radius 2 is 0.927 bits per heavy atom. The third-order valence-electron chi connectivity index (χ3n) is 19.5. The average molecular weight is 1100 g/mol. The van der Waals surface area contributed by atoms with Crippen molar-refractivity contribution in [2.24, 2.45) is 0 Å². The second-order valence-corrected chi connectivity index (χ2v) is 30.4. The summed E-state index contributed by atoms with van der Waals surface area (Å²) in [5, 5.41) is 3.78. The molecule has 5 heteroatoms. The molecule has 12 rings (SSSR count). The van der Waals surface area contributed by atoms with E-state index in [-0.39, 0.29) is 37.9 Å². The summed E-state index contributed by atoms with van der Waals surface area (Å²) in [5.41, 5.74) is 23.7. The van der Waals surface area contributed by atoms with Crippen LogP contribution in [0.15, 0.2) is 175 Å². The van der Waals surface area contributed by atoms with Gasteiger partial charge < -0.3 is 14.7 Å². The van der Waals surface area contributed by atoms with Gasteiger partial charge in [-0.2, -0.15) is 0 Å². The summed E-state index contributed by atoms with van der Waals surface area (Å²) in [5.74, 6) is 0. The van der Waals surface area contributed by atoms with Crippen LogP contribution in [0.5, 0.6) is 0 Å². The molecule has 3 nitrogen and oxygen atoms in total. The van der Waals surface area contributed by atoms with Crippen molar-refractivity contribution < 1.29 is 0 Å². The first-order valence-electron chi connectivity index (χ1n) is 30.2. The number of rotatable bonds is 9. The molecule has 1 radical (unpaired) electrons. The number of nitrogens with zero attached hydrogens (tertiary/aromatic N) is 3. The maximum atomic E-state index is 2.68. The topological polar surface area (TPSA) is 9.72 Å². The number of thiophene rings is 1. The number of anilines is 9. The zero-order valence-corrected chi connectivity index (χ0v) is 52.7. The molecule has 8 aromatic carbocycles. The van der Waals surface area contributed by atoms with Gasteiger partial charge in [-0.1, -0.05) is 207 Å². The van der Waals surface area contributed by atoms with Crippen molar-refractivity contribution in [2.75, 3.05) is 14.7 Å². The van der Waals surface area contributed by atoms with E-state index in [2.05, 4.69) is 308 Å². The Kier molecular flexibility index (Phi) is 13.4. The molecule has 0 atom stereocenters. The minimum Gasteiger partial charge on any atom is -0.311 e. The molecule has 9 aromatic rings. The van der Waals surface area contributed by atoms with Gasteiger partial charge in [-0.05, 0) is 187 Å². The predicted octanol–water partition coefficient (Wildman–Crippen LogP) is 20.9.